The summed E-state index contributed by atoms with van der Waals surface area (Å²) < 4.78 is 5.52. The van der Waals surface area contributed by atoms with Crippen LogP contribution in [0.2, 0.25) is 0 Å². The van der Waals surface area contributed by atoms with E-state index >= 15 is 0 Å². The number of ether oxygens (including phenoxy) is 1. The van der Waals surface area contributed by atoms with Gasteiger partial charge in [0.15, 0.2) is 0 Å². The van der Waals surface area contributed by atoms with Gasteiger partial charge < -0.3 is 25.4 Å². The van der Waals surface area contributed by atoms with Crippen LogP contribution < -0.4 is 10.6 Å². The second-order valence-electron chi connectivity index (χ2n) is 8.18. The van der Waals surface area contributed by atoms with Crippen LogP contribution in [-0.4, -0.2) is 67.3 Å². The Kier molecular flexibility index (Phi) is 7.48. The number of carboxylic acids is 1. The molecule has 0 fully saturated rings. The highest BCUT2D eigenvalue weighted by molar-refractivity contribution is 5.89. The van der Waals surface area contributed by atoms with E-state index in [0.717, 1.165) is 22.3 Å². The highest BCUT2D eigenvalue weighted by Gasteiger charge is 2.30. The van der Waals surface area contributed by atoms with Crippen molar-refractivity contribution in [3.05, 3.63) is 59.7 Å². The molecule has 3 N–H and O–H groups in total. The van der Waals surface area contributed by atoms with Crippen molar-refractivity contribution in [3.63, 3.8) is 0 Å². The van der Waals surface area contributed by atoms with Crippen molar-refractivity contribution in [1.82, 2.24) is 15.5 Å². The number of fused-ring (bicyclic) bond motifs is 3. The van der Waals surface area contributed by atoms with Gasteiger partial charge in [-0.1, -0.05) is 48.5 Å². The van der Waals surface area contributed by atoms with Gasteiger partial charge in [-0.25, -0.2) is 4.79 Å². The molecule has 1 aliphatic carbocycles. The predicted octanol–water partition coefficient (Wildman–Crippen LogP) is 2.43. The van der Waals surface area contributed by atoms with Crippen LogP contribution in [0.3, 0.4) is 0 Å². The van der Waals surface area contributed by atoms with Gasteiger partial charge in [0.25, 0.3) is 0 Å². The standard InChI is InChI=1S/C24H29N3O5/c1-15(23(29)30)25-22(28)21(12-13-27(2)3)26-24(31)32-14-20-18-10-6-4-8-16(18)17-9-5-7-11-19(17)20/h4-11,15,20-21H,12-14H2,1-3H3,(H,25,28)(H,26,31)(H,29,30). The molecule has 2 unspecified atom stereocenters. The summed E-state index contributed by atoms with van der Waals surface area (Å²) in [4.78, 5) is 38.0. The van der Waals surface area contributed by atoms with Gasteiger partial charge in [0.2, 0.25) is 5.91 Å². The van der Waals surface area contributed by atoms with Crippen molar-refractivity contribution in [2.45, 2.75) is 31.3 Å². The van der Waals surface area contributed by atoms with Crippen LogP contribution >= 0.6 is 0 Å². The molecule has 0 aromatic heterocycles. The van der Waals surface area contributed by atoms with Gasteiger partial charge >= 0.3 is 12.1 Å². The van der Waals surface area contributed by atoms with E-state index in [4.69, 9.17) is 9.84 Å². The number of aliphatic carboxylic acids is 1. The molecule has 1 aliphatic rings. The Morgan fingerprint density at radius 3 is 2.09 bits per heavy atom. The Hall–Kier alpha value is -3.39. The molecule has 32 heavy (non-hydrogen) atoms. The van der Waals surface area contributed by atoms with Gasteiger partial charge in [0.05, 0.1) is 0 Å². The fourth-order valence-corrected chi connectivity index (χ4v) is 3.81. The number of carboxylic acid groups (broad SMARTS) is 1. The molecule has 170 valence electrons. The van der Waals surface area contributed by atoms with Crippen LogP contribution in [0.5, 0.6) is 0 Å². The van der Waals surface area contributed by atoms with Gasteiger partial charge in [0.1, 0.15) is 18.7 Å². The summed E-state index contributed by atoms with van der Waals surface area (Å²) >= 11 is 0. The maximum Gasteiger partial charge on any atom is 0.407 e. The Bertz CT molecular complexity index is 946. The Morgan fingerprint density at radius 1 is 1.00 bits per heavy atom. The first kappa shape index (κ1) is 23.3. The summed E-state index contributed by atoms with van der Waals surface area (Å²) in [7, 11) is 3.70. The molecular formula is C24H29N3O5. The maximum absolute atomic E-state index is 12.6. The van der Waals surface area contributed by atoms with Crippen molar-refractivity contribution in [3.8, 4) is 11.1 Å². The molecule has 2 aromatic carbocycles. The second-order valence-corrected chi connectivity index (χ2v) is 8.18. The minimum absolute atomic E-state index is 0.0887. The molecule has 3 rings (SSSR count). The first-order valence-corrected chi connectivity index (χ1v) is 10.6. The number of carbonyl (C=O) groups excluding carboxylic acids is 2. The van der Waals surface area contributed by atoms with Crippen molar-refractivity contribution < 1.29 is 24.2 Å². The fraction of sp³-hybridized carbons (Fsp3) is 0.375. The van der Waals surface area contributed by atoms with E-state index in [9.17, 15) is 14.4 Å². The monoisotopic (exact) mass is 439 g/mol. The van der Waals surface area contributed by atoms with E-state index in [0.29, 0.717) is 13.0 Å². The molecular weight excluding hydrogens is 410 g/mol. The van der Waals surface area contributed by atoms with E-state index in [1.54, 1.807) is 0 Å². The third kappa shape index (κ3) is 5.45. The lowest BCUT2D eigenvalue weighted by molar-refractivity contribution is -0.141. The van der Waals surface area contributed by atoms with Crippen LogP contribution in [0.1, 0.15) is 30.4 Å². The lowest BCUT2D eigenvalue weighted by Crippen LogP contribution is -2.51. The third-order valence-electron chi connectivity index (χ3n) is 5.55. The average Bonchev–Trinajstić information content (AvgIpc) is 3.08. The lowest BCUT2D eigenvalue weighted by atomic mass is 9.98. The second kappa shape index (κ2) is 10.3. The molecule has 0 saturated heterocycles. The Morgan fingerprint density at radius 2 is 1.56 bits per heavy atom. The average molecular weight is 440 g/mol. The quantitative estimate of drug-likeness (QED) is 0.554. The van der Waals surface area contributed by atoms with Crippen LogP contribution in [0, 0.1) is 0 Å². The van der Waals surface area contributed by atoms with Gasteiger partial charge in [-0.2, -0.15) is 0 Å². The molecule has 0 radical (unpaired) electrons. The number of alkyl carbamates (subject to hydrolysis) is 1. The van der Waals surface area contributed by atoms with E-state index in [1.165, 1.54) is 6.92 Å². The zero-order valence-electron chi connectivity index (χ0n) is 18.5. The van der Waals surface area contributed by atoms with Crippen molar-refractivity contribution in [1.29, 1.82) is 0 Å². The van der Waals surface area contributed by atoms with Crippen LogP contribution in [0.4, 0.5) is 4.79 Å². The predicted molar refractivity (Wildman–Crippen MR) is 120 cm³/mol. The number of amides is 2. The lowest BCUT2D eigenvalue weighted by Gasteiger charge is -2.22. The molecule has 2 aromatic rings. The first-order valence-electron chi connectivity index (χ1n) is 10.6. The Balaban J connectivity index is 1.66. The molecule has 0 saturated carbocycles. The minimum Gasteiger partial charge on any atom is -0.480 e. The first-order chi connectivity index (χ1) is 15.3. The SMILES string of the molecule is CC(NC(=O)C(CCN(C)C)NC(=O)OCC1c2ccccc2-c2ccccc21)C(=O)O. The summed E-state index contributed by atoms with van der Waals surface area (Å²) in [6, 6.07) is 14.1. The summed E-state index contributed by atoms with van der Waals surface area (Å²) in [6.07, 6.45) is -0.399. The molecule has 8 heteroatoms. The molecule has 8 nitrogen and oxygen atoms in total. The van der Waals surface area contributed by atoms with Crippen molar-refractivity contribution in [2.24, 2.45) is 0 Å². The third-order valence-corrected chi connectivity index (χ3v) is 5.55. The zero-order valence-corrected chi connectivity index (χ0v) is 18.5. The fourth-order valence-electron chi connectivity index (χ4n) is 3.81. The molecule has 0 heterocycles. The summed E-state index contributed by atoms with van der Waals surface area (Å²) in [5.74, 6) is -1.80. The van der Waals surface area contributed by atoms with E-state index in [1.807, 2.05) is 55.4 Å². The number of carbonyl (C=O) groups is 3. The molecule has 0 aliphatic heterocycles. The van der Waals surface area contributed by atoms with E-state index in [-0.39, 0.29) is 12.5 Å². The smallest absolute Gasteiger partial charge is 0.407 e. The van der Waals surface area contributed by atoms with Gasteiger partial charge in [-0.3, -0.25) is 9.59 Å². The number of nitrogens with one attached hydrogen (secondary N) is 2. The highest BCUT2D eigenvalue weighted by Crippen LogP contribution is 2.44. The minimum atomic E-state index is -1.15. The number of nitrogens with zero attached hydrogens (tertiary/aromatic N) is 1. The normalized spacial score (nSPS) is 14.2. The van der Waals surface area contributed by atoms with Crippen LogP contribution in [-0.2, 0) is 14.3 Å². The van der Waals surface area contributed by atoms with Gasteiger partial charge in [0, 0.05) is 5.92 Å². The summed E-state index contributed by atoms with van der Waals surface area (Å²) in [5, 5.41) is 14.0. The molecule has 2 amide bonds. The van der Waals surface area contributed by atoms with Crippen LogP contribution in [0.15, 0.2) is 48.5 Å². The van der Waals surface area contributed by atoms with Crippen LogP contribution in [0.25, 0.3) is 11.1 Å². The zero-order chi connectivity index (χ0) is 23.3. The van der Waals surface area contributed by atoms with Gasteiger partial charge in [-0.05, 0) is 56.2 Å². The highest BCUT2D eigenvalue weighted by atomic mass is 16.5. The van der Waals surface area contributed by atoms with Crippen molar-refractivity contribution in [2.75, 3.05) is 27.2 Å². The van der Waals surface area contributed by atoms with E-state index in [2.05, 4.69) is 22.8 Å². The molecule has 0 bridgehead atoms. The summed E-state index contributed by atoms with van der Waals surface area (Å²) in [5.41, 5.74) is 4.45. The van der Waals surface area contributed by atoms with Crippen molar-refractivity contribution >= 4 is 18.0 Å². The van der Waals surface area contributed by atoms with E-state index < -0.39 is 30.1 Å². The maximum atomic E-state index is 12.6. The Labute approximate surface area is 187 Å². The number of hydrogen-bond acceptors (Lipinski definition) is 5. The van der Waals surface area contributed by atoms with Gasteiger partial charge in [-0.15, -0.1) is 0 Å². The largest absolute Gasteiger partial charge is 0.480 e. The molecule has 2 atom stereocenters. The summed E-state index contributed by atoms with van der Waals surface area (Å²) in [6.45, 7) is 2.03. The number of hydrogen-bond donors (Lipinski definition) is 3. The topological polar surface area (TPSA) is 108 Å². The number of rotatable bonds is 9. The number of benzene rings is 2. The molecule has 0 spiro atoms.